The van der Waals surface area contributed by atoms with E-state index >= 15 is 0 Å². The maximum absolute atomic E-state index is 6.28. The van der Waals surface area contributed by atoms with E-state index in [0.717, 1.165) is 22.5 Å². The molecule has 0 aliphatic carbocycles. The van der Waals surface area contributed by atoms with Crippen molar-refractivity contribution in [3.63, 3.8) is 0 Å². The van der Waals surface area contributed by atoms with Gasteiger partial charge in [0, 0.05) is 17.3 Å². The fraction of sp³-hybridized carbons (Fsp3) is 0.333. The van der Waals surface area contributed by atoms with Crippen LogP contribution in [0.25, 0.3) is 0 Å². The van der Waals surface area contributed by atoms with Gasteiger partial charge in [0.1, 0.15) is 0 Å². The maximum Gasteiger partial charge on any atom is 0.0382 e. The van der Waals surface area contributed by atoms with Crippen molar-refractivity contribution >= 4 is 11.4 Å². The Labute approximate surface area is 121 Å². The lowest BCUT2D eigenvalue weighted by Crippen LogP contribution is -2.07. The summed E-state index contributed by atoms with van der Waals surface area (Å²) in [5.41, 5.74) is 21.4. The molecule has 0 aliphatic rings. The minimum atomic E-state index is 0.201. The Balaban J connectivity index is 2.60. The van der Waals surface area contributed by atoms with Crippen LogP contribution in [0, 0.1) is 27.7 Å². The average Bonchev–Trinajstić information content (AvgIpc) is 2.37. The quantitative estimate of drug-likeness (QED) is 0.800. The molecule has 20 heavy (non-hydrogen) atoms. The van der Waals surface area contributed by atoms with Gasteiger partial charge in [0.25, 0.3) is 0 Å². The molecule has 2 rings (SSSR count). The molecule has 0 atom stereocenters. The van der Waals surface area contributed by atoms with Gasteiger partial charge in [-0.2, -0.15) is 0 Å². The van der Waals surface area contributed by atoms with E-state index in [1.807, 2.05) is 0 Å². The Kier molecular flexibility index (Phi) is 3.76. The maximum atomic E-state index is 6.28. The summed E-state index contributed by atoms with van der Waals surface area (Å²) in [4.78, 5) is 0. The molecule has 2 aromatic rings. The fourth-order valence-electron chi connectivity index (χ4n) is 2.91. The van der Waals surface area contributed by atoms with Crippen LogP contribution in [-0.4, -0.2) is 0 Å². The van der Waals surface area contributed by atoms with E-state index in [-0.39, 0.29) is 5.92 Å². The van der Waals surface area contributed by atoms with Crippen LogP contribution in [0.5, 0.6) is 0 Å². The number of anilines is 2. The highest BCUT2D eigenvalue weighted by Gasteiger charge is 2.17. The summed E-state index contributed by atoms with van der Waals surface area (Å²) in [5.74, 6) is 0.201. The topological polar surface area (TPSA) is 52.0 Å². The lowest BCUT2D eigenvalue weighted by Gasteiger charge is -2.20. The molecule has 0 heterocycles. The Hall–Kier alpha value is -1.96. The fourth-order valence-corrected chi connectivity index (χ4v) is 2.91. The van der Waals surface area contributed by atoms with E-state index in [1.54, 1.807) is 0 Å². The van der Waals surface area contributed by atoms with Crippen molar-refractivity contribution in [1.82, 2.24) is 0 Å². The van der Waals surface area contributed by atoms with Crippen molar-refractivity contribution in [2.24, 2.45) is 0 Å². The molecule has 0 amide bonds. The lowest BCUT2D eigenvalue weighted by molar-refractivity contribution is 0.920. The van der Waals surface area contributed by atoms with Gasteiger partial charge in [0.05, 0.1) is 0 Å². The molecule has 0 unspecified atom stereocenters. The highest BCUT2D eigenvalue weighted by atomic mass is 14.6. The normalized spacial score (nSPS) is 11.1. The molecule has 0 radical (unpaired) electrons. The van der Waals surface area contributed by atoms with Crippen molar-refractivity contribution in [2.45, 2.75) is 40.5 Å². The minimum Gasteiger partial charge on any atom is -0.398 e. The zero-order valence-corrected chi connectivity index (χ0v) is 13.0. The van der Waals surface area contributed by atoms with Gasteiger partial charge >= 0.3 is 0 Å². The molecular formula is C18H24N2. The van der Waals surface area contributed by atoms with Crippen LogP contribution in [0.3, 0.4) is 0 Å². The number of hydrogen-bond acceptors (Lipinski definition) is 2. The first-order valence-corrected chi connectivity index (χ1v) is 7.04. The first-order chi connectivity index (χ1) is 9.31. The molecule has 0 aromatic heterocycles. The van der Waals surface area contributed by atoms with Gasteiger partial charge in [0.15, 0.2) is 0 Å². The molecule has 2 nitrogen and oxygen atoms in total. The number of nitrogen functional groups attached to an aromatic ring is 2. The molecule has 0 fully saturated rings. The Bertz CT molecular complexity index is 599. The molecule has 106 valence electrons. The van der Waals surface area contributed by atoms with E-state index in [0.29, 0.717) is 0 Å². The third-order valence-corrected chi connectivity index (χ3v) is 4.06. The largest absolute Gasteiger partial charge is 0.398 e. The number of hydrogen-bond donors (Lipinski definition) is 2. The number of aryl methyl sites for hydroxylation is 4. The number of nitrogens with two attached hydrogens (primary N) is 2. The predicted octanol–water partition coefficient (Wildman–Crippen LogP) is 4.24. The third kappa shape index (κ3) is 2.51. The van der Waals surface area contributed by atoms with Crippen molar-refractivity contribution in [1.29, 1.82) is 0 Å². The van der Waals surface area contributed by atoms with E-state index in [4.69, 9.17) is 11.5 Å². The molecule has 0 saturated heterocycles. The van der Waals surface area contributed by atoms with Crippen LogP contribution in [-0.2, 0) is 0 Å². The van der Waals surface area contributed by atoms with Crippen molar-refractivity contribution in [3.8, 4) is 0 Å². The van der Waals surface area contributed by atoms with Gasteiger partial charge in [0.2, 0.25) is 0 Å². The van der Waals surface area contributed by atoms with E-state index < -0.39 is 0 Å². The molecule has 4 N–H and O–H groups in total. The van der Waals surface area contributed by atoms with Gasteiger partial charge in [-0.1, -0.05) is 42.3 Å². The number of benzene rings is 2. The lowest BCUT2D eigenvalue weighted by atomic mass is 9.86. The minimum absolute atomic E-state index is 0.201. The van der Waals surface area contributed by atoms with Crippen LogP contribution >= 0.6 is 0 Å². The molecular weight excluding hydrogens is 244 g/mol. The van der Waals surface area contributed by atoms with Crippen LogP contribution in [0.4, 0.5) is 11.4 Å². The van der Waals surface area contributed by atoms with Gasteiger partial charge in [-0.15, -0.1) is 0 Å². The summed E-state index contributed by atoms with van der Waals surface area (Å²) < 4.78 is 0. The summed E-state index contributed by atoms with van der Waals surface area (Å²) in [6.07, 6.45) is 0. The van der Waals surface area contributed by atoms with Crippen molar-refractivity contribution < 1.29 is 0 Å². The van der Waals surface area contributed by atoms with Crippen molar-refractivity contribution in [2.75, 3.05) is 11.5 Å². The first kappa shape index (κ1) is 14.4. The average molecular weight is 268 g/mol. The molecule has 0 saturated carbocycles. The monoisotopic (exact) mass is 268 g/mol. The molecule has 0 bridgehead atoms. The van der Waals surface area contributed by atoms with E-state index in [2.05, 4.69) is 58.9 Å². The summed E-state index contributed by atoms with van der Waals surface area (Å²) in [6, 6.07) is 8.58. The van der Waals surface area contributed by atoms with E-state index in [1.165, 1.54) is 22.3 Å². The molecule has 2 aromatic carbocycles. The Morgan fingerprint density at radius 1 is 0.700 bits per heavy atom. The highest BCUT2D eigenvalue weighted by Crippen LogP contribution is 2.35. The number of rotatable bonds is 2. The van der Waals surface area contributed by atoms with Gasteiger partial charge in [-0.25, -0.2) is 0 Å². The highest BCUT2D eigenvalue weighted by molar-refractivity contribution is 5.63. The second-order valence-electron chi connectivity index (χ2n) is 5.89. The predicted molar refractivity (Wildman–Crippen MR) is 88.2 cm³/mol. The van der Waals surface area contributed by atoms with E-state index in [9.17, 15) is 0 Å². The van der Waals surface area contributed by atoms with Crippen molar-refractivity contribution in [3.05, 3.63) is 57.6 Å². The zero-order chi connectivity index (χ0) is 15.0. The summed E-state index contributed by atoms with van der Waals surface area (Å²) in [6.45, 7) is 10.5. The SMILES string of the molecule is Cc1cc(C)c(N)c(C(C)c2cc(C)cc(C)c2N)c1. The van der Waals surface area contributed by atoms with Gasteiger partial charge < -0.3 is 11.5 Å². The summed E-state index contributed by atoms with van der Waals surface area (Å²) in [5, 5.41) is 0. The molecule has 0 spiro atoms. The second kappa shape index (κ2) is 5.20. The van der Waals surface area contributed by atoms with Gasteiger partial charge in [-0.3, -0.25) is 0 Å². The third-order valence-electron chi connectivity index (χ3n) is 4.06. The Morgan fingerprint density at radius 3 is 1.40 bits per heavy atom. The van der Waals surface area contributed by atoms with Crippen LogP contribution in [0.1, 0.15) is 46.2 Å². The zero-order valence-electron chi connectivity index (χ0n) is 13.0. The van der Waals surface area contributed by atoms with Crippen LogP contribution < -0.4 is 11.5 Å². The molecule has 2 heteroatoms. The summed E-state index contributed by atoms with van der Waals surface area (Å²) >= 11 is 0. The van der Waals surface area contributed by atoms with Gasteiger partial charge in [-0.05, 0) is 49.9 Å². The smallest absolute Gasteiger partial charge is 0.0382 e. The summed E-state index contributed by atoms with van der Waals surface area (Å²) in [7, 11) is 0. The second-order valence-corrected chi connectivity index (χ2v) is 5.89. The van der Waals surface area contributed by atoms with Crippen LogP contribution in [0.2, 0.25) is 0 Å². The Morgan fingerprint density at radius 2 is 1.05 bits per heavy atom. The standard InChI is InChI=1S/C18H24N2/c1-10-6-12(3)17(19)15(8-10)14(5)16-9-11(2)7-13(4)18(16)20/h6-9,14H,19-20H2,1-5H3. The molecule has 0 aliphatic heterocycles. The first-order valence-electron chi connectivity index (χ1n) is 7.04. The van der Waals surface area contributed by atoms with Crippen LogP contribution in [0.15, 0.2) is 24.3 Å².